The predicted octanol–water partition coefficient (Wildman–Crippen LogP) is 3.93. The number of nitrogens with two attached hydrogens (primary N) is 1. The zero-order valence-electron chi connectivity index (χ0n) is 13.2. The Bertz CT molecular complexity index is 718. The van der Waals surface area contributed by atoms with Crippen LogP contribution >= 0.6 is 11.3 Å². The van der Waals surface area contributed by atoms with E-state index in [2.05, 4.69) is 23.5 Å². The SMILES string of the molecule is CCNC(=O)c1c(N)sc(C)c1-c1ccc2c(c1)CCCC2. The van der Waals surface area contributed by atoms with Crippen molar-refractivity contribution in [2.24, 2.45) is 0 Å². The summed E-state index contributed by atoms with van der Waals surface area (Å²) in [6, 6.07) is 6.62. The molecular weight excluding hydrogens is 292 g/mol. The summed E-state index contributed by atoms with van der Waals surface area (Å²) in [7, 11) is 0. The first-order valence-corrected chi connectivity index (χ1v) is 8.72. The first-order chi connectivity index (χ1) is 10.6. The number of fused-ring (bicyclic) bond motifs is 1. The van der Waals surface area contributed by atoms with Crippen molar-refractivity contribution in [3.8, 4) is 11.1 Å². The van der Waals surface area contributed by atoms with Crippen LogP contribution in [0.15, 0.2) is 18.2 Å². The van der Waals surface area contributed by atoms with Gasteiger partial charge >= 0.3 is 0 Å². The molecule has 0 bridgehead atoms. The minimum Gasteiger partial charge on any atom is -0.390 e. The average molecular weight is 314 g/mol. The summed E-state index contributed by atoms with van der Waals surface area (Å²) in [5.74, 6) is -0.0722. The van der Waals surface area contributed by atoms with Crippen LogP contribution in [-0.4, -0.2) is 12.5 Å². The summed E-state index contributed by atoms with van der Waals surface area (Å²) in [5, 5.41) is 3.48. The van der Waals surface area contributed by atoms with Crippen molar-refractivity contribution in [1.29, 1.82) is 0 Å². The molecule has 1 aromatic carbocycles. The summed E-state index contributed by atoms with van der Waals surface area (Å²) in [4.78, 5) is 13.5. The summed E-state index contributed by atoms with van der Waals surface area (Å²) < 4.78 is 0. The highest BCUT2D eigenvalue weighted by Gasteiger charge is 2.22. The summed E-state index contributed by atoms with van der Waals surface area (Å²) in [6.07, 6.45) is 4.84. The van der Waals surface area contributed by atoms with E-state index in [0.717, 1.165) is 22.4 Å². The molecule has 1 heterocycles. The Balaban J connectivity index is 2.10. The molecule has 3 nitrogen and oxygen atoms in total. The van der Waals surface area contributed by atoms with Gasteiger partial charge in [-0.1, -0.05) is 18.2 Å². The number of amides is 1. The summed E-state index contributed by atoms with van der Waals surface area (Å²) >= 11 is 1.50. The van der Waals surface area contributed by atoms with Crippen LogP contribution in [0.25, 0.3) is 11.1 Å². The number of aryl methyl sites for hydroxylation is 3. The summed E-state index contributed by atoms with van der Waals surface area (Å²) in [6.45, 7) is 4.57. The fraction of sp³-hybridized carbons (Fsp3) is 0.389. The molecule has 0 fully saturated rings. The van der Waals surface area contributed by atoms with Gasteiger partial charge in [0, 0.05) is 17.0 Å². The number of carbonyl (C=O) groups is 1. The molecule has 1 amide bonds. The number of rotatable bonds is 3. The van der Waals surface area contributed by atoms with Crippen molar-refractivity contribution in [2.75, 3.05) is 12.3 Å². The lowest BCUT2D eigenvalue weighted by atomic mass is 9.88. The van der Waals surface area contributed by atoms with Gasteiger partial charge in [0.2, 0.25) is 0 Å². The molecule has 1 aliphatic rings. The van der Waals surface area contributed by atoms with E-state index < -0.39 is 0 Å². The molecule has 0 saturated heterocycles. The third-order valence-corrected chi connectivity index (χ3v) is 5.25. The van der Waals surface area contributed by atoms with E-state index in [0.29, 0.717) is 17.1 Å². The van der Waals surface area contributed by atoms with Crippen LogP contribution in [-0.2, 0) is 12.8 Å². The fourth-order valence-electron chi connectivity index (χ4n) is 3.28. The van der Waals surface area contributed by atoms with Crippen molar-refractivity contribution < 1.29 is 4.79 Å². The second-order valence-electron chi connectivity index (χ2n) is 5.82. The Labute approximate surface area is 135 Å². The molecule has 116 valence electrons. The number of nitrogen functional groups attached to an aromatic ring is 1. The zero-order valence-corrected chi connectivity index (χ0v) is 14.0. The van der Waals surface area contributed by atoms with Crippen molar-refractivity contribution in [1.82, 2.24) is 5.32 Å². The van der Waals surface area contributed by atoms with Crippen LogP contribution in [0.2, 0.25) is 0 Å². The van der Waals surface area contributed by atoms with Gasteiger partial charge in [-0.2, -0.15) is 0 Å². The predicted molar refractivity (Wildman–Crippen MR) is 93.6 cm³/mol. The molecule has 2 aromatic rings. The zero-order chi connectivity index (χ0) is 15.7. The smallest absolute Gasteiger partial charge is 0.254 e. The van der Waals surface area contributed by atoms with E-state index in [1.54, 1.807) is 0 Å². The van der Waals surface area contributed by atoms with Crippen LogP contribution in [0, 0.1) is 6.92 Å². The molecule has 1 aromatic heterocycles. The molecule has 0 spiro atoms. The first-order valence-electron chi connectivity index (χ1n) is 7.91. The third kappa shape index (κ3) is 2.63. The Morgan fingerprint density at radius 2 is 2.00 bits per heavy atom. The maximum absolute atomic E-state index is 12.4. The minimum absolute atomic E-state index is 0.0722. The number of hydrogen-bond acceptors (Lipinski definition) is 3. The summed E-state index contributed by atoms with van der Waals surface area (Å²) in [5.41, 5.74) is 11.7. The van der Waals surface area contributed by atoms with Crippen molar-refractivity contribution in [3.05, 3.63) is 39.8 Å². The quantitative estimate of drug-likeness (QED) is 0.901. The number of benzene rings is 1. The van der Waals surface area contributed by atoms with Crippen molar-refractivity contribution in [3.63, 3.8) is 0 Å². The van der Waals surface area contributed by atoms with E-state index in [1.807, 2.05) is 13.8 Å². The fourth-order valence-corrected chi connectivity index (χ4v) is 4.23. The first kappa shape index (κ1) is 15.1. The lowest BCUT2D eigenvalue weighted by Gasteiger charge is -2.17. The Hall–Kier alpha value is -1.81. The highest BCUT2D eigenvalue weighted by atomic mass is 32.1. The average Bonchev–Trinajstić information content (AvgIpc) is 2.81. The number of nitrogens with one attached hydrogen (secondary N) is 1. The Kier molecular flexibility index (Phi) is 4.21. The maximum atomic E-state index is 12.4. The number of carbonyl (C=O) groups excluding carboxylic acids is 1. The molecule has 22 heavy (non-hydrogen) atoms. The van der Waals surface area contributed by atoms with Gasteiger partial charge in [0.25, 0.3) is 5.91 Å². The molecular formula is C18H22N2OS. The van der Waals surface area contributed by atoms with Gasteiger partial charge in [-0.15, -0.1) is 11.3 Å². The van der Waals surface area contributed by atoms with Gasteiger partial charge in [-0.05, 0) is 56.2 Å². The van der Waals surface area contributed by atoms with Gasteiger partial charge in [0.1, 0.15) is 0 Å². The van der Waals surface area contributed by atoms with E-state index in [4.69, 9.17) is 5.73 Å². The van der Waals surface area contributed by atoms with Gasteiger partial charge in [-0.25, -0.2) is 0 Å². The molecule has 0 atom stereocenters. The number of anilines is 1. The number of thiophene rings is 1. The van der Waals surface area contributed by atoms with Crippen molar-refractivity contribution in [2.45, 2.75) is 39.5 Å². The molecule has 3 N–H and O–H groups in total. The van der Waals surface area contributed by atoms with Gasteiger partial charge in [0.05, 0.1) is 10.6 Å². The standard InChI is InChI=1S/C18H22N2OS/c1-3-20-18(21)16-15(11(2)22-17(16)19)14-9-8-12-6-4-5-7-13(12)10-14/h8-10H,3-7,19H2,1-2H3,(H,20,21). The topological polar surface area (TPSA) is 55.1 Å². The highest BCUT2D eigenvalue weighted by molar-refractivity contribution is 7.16. The maximum Gasteiger partial charge on any atom is 0.254 e. The van der Waals surface area contributed by atoms with Gasteiger partial charge < -0.3 is 11.1 Å². The Morgan fingerprint density at radius 3 is 2.73 bits per heavy atom. The molecule has 3 rings (SSSR count). The Morgan fingerprint density at radius 1 is 1.27 bits per heavy atom. The van der Waals surface area contributed by atoms with Crippen LogP contribution in [0.1, 0.15) is 46.1 Å². The van der Waals surface area contributed by atoms with Gasteiger partial charge in [-0.3, -0.25) is 4.79 Å². The normalized spacial score (nSPS) is 13.7. The van der Waals surface area contributed by atoms with Crippen LogP contribution in [0.3, 0.4) is 0 Å². The van der Waals surface area contributed by atoms with Crippen LogP contribution in [0.4, 0.5) is 5.00 Å². The van der Waals surface area contributed by atoms with Gasteiger partial charge in [0.15, 0.2) is 0 Å². The minimum atomic E-state index is -0.0722. The second kappa shape index (κ2) is 6.13. The van der Waals surface area contributed by atoms with Crippen molar-refractivity contribution >= 4 is 22.2 Å². The molecule has 0 aliphatic heterocycles. The molecule has 1 aliphatic carbocycles. The van der Waals surface area contributed by atoms with E-state index >= 15 is 0 Å². The molecule has 0 unspecified atom stereocenters. The highest BCUT2D eigenvalue weighted by Crippen LogP contribution is 2.39. The second-order valence-corrected chi connectivity index (χ2v) is 7.08. The molecule has 4 heteroatoms. The van der Waals surface area contributed by atoms with E-state index in [9.17, 15) is 4.79 Å². The van der Waals surface area contributed by atoms with Crippen LogP contribution in [0.5, 0.6) is 0 Å². The van der Waals surface area contributed by atoms with E-state index in [-0.39, 0.29) is 5.91 Å². The molecule has 0 saturated carbocycles. The monoisotopic (exact) mass is 314 g/mol. The largest absolute Gasteiger partial charge is 0.390 e. The number of hydrogen-bond donors (Lipinski definition) is 2. The third-order valence-electron chi connectivity index (χ3n) is 4.31. The lowest BCUT2D eigenvalue weighted by Crippen LogP contribution is -2.23. The van der Waals surface area contributed by atoms with Crippen LogP contribution < -0.4 is 11.1 Å². The molecule has 0 radical (unpaired) electrons. The van der Waals surface area contributed by atoms with E-state index in [1.165, 1.54) is 41.7 Å². The lowest BCUT2D eigenvalue weighted by molar-refractivity contribution is 0.0957.